The second-order valence-electron chi connectivity index (χ2n) is 4.10. The highest BCUT2D eigenvalue weighted by atomic mass is 16.5. The molecule has 104 valence electrons. The lowest BCUT2D eigenvalue weighted by atomic mass is 10.2. The smallest absolute Gasteiger partial charge is 0.176 e. The minimum Gasteiger partial charge on any atom is -0.493 e. The van der Waals surface area contributed by atoms with Crippen molar-refractivity contribution in [2.45, 2.75) is 6.54 Å². The summed E-state index contributed by atoms with van der Waals surface area (Å²) >= 11 is 0. The molecule has 1 aromatic heterocycles. The molecule has 0 saturated carbocycles. The lowest BCUT2D eigenvalue weighted by molar-refractivity contribution is 0.0936. The first-order chi connectivity index (χ1) is 9.35. The van der Waals surface area contributed by atoms with Crippen LogP contribution in [0.15, 0.2) is 28.7 Å². The van der Waals surface area contributed by atoms with Crippen LogP contribution >= 0.6 is 0 Å². The van der Waals surface area contributed by atoms with Gasteiger partial charge in [0.25, 0.3) is 0 Å². The highest BCUT2D eigenvalue weighted by Crippen LogP contribution is 2.28. The van der Waals surface area contributed by atoms with Gasteiger partial charge in [0.1, 0.15) is 5.76 Å². The lowest BCUT2D eigenvalue weighted by Gasteiger charge is -2.03. The molecule has 2 aromatic rings. The molecule has 2 rings (SSSR count). The summed E-state index contributed by atoms with van der Waals surface area (Å²) in [5, 5.41) is 12.8. The first-order valence-corrected chi connectivity index (χ1v) is 6.30. The molecule has 0 radical (unpaired) electrons. The van der Waals surface area contributed by atoms with Gasteiger partial charge >= 0.3 is 0 Å². The van der Waals surface area contributed by atoms with E-state index < -0.39 is 0 Å². The van der Waals surface area contributed by atoms with Crippen molar-refractivity contribution in [1.82, 2.24) is 5.32 Å². The number of benzene rings is 1. The van der Waals surface area contributed by atoms with Crippen LogP contribution in [0.3, 0.4) is 0 Å². The molecule has 2 N–H and O–H groups in total. The molecule has 0 aliphatic rings. The standard InChI is InChI=1S/C14H19NO4/c1-17-13-4-2-3-11-9-12(19-14(11)13)10-15-5-7-18-8-6-16/h2-4,9,15-16H,5-8,10H2,1H3. The van der Waals surface area contributed by atoms with Gasteiger partial charge in [0.2, 0.25) is 0 Å². The number of aliphatic hydroxyl groups is 1. The molecule has 1 heterocycles. The average molecular weight is 265 g/mol. The van der Waals surface area contributed by atoms with Crippen LogP contribution in [-0.4, -0.2) is 38.6 Å². The summed E-state index contributed by atoms with van der Waals surface area (Å²) in [5.74, 6) is 1.61. The van der Waals surface area contributed by atoms with Gasteiger partial charge in [-0.2, -0.15) is 0 Å². The highest BCUT2D eigenvalue weighted by Gasteiger charge is 2.07. The molecule has 5 heteroatoms. The third kappa shape index (κ3) is 3.70. The average Bonchev–Trinajstić information content (AvgIpc) is 2.85. The Morgan fingerprint density at radius 2 is 2.21 bits per heavy atom. The number of hydrogen-bond acceptors (Lipinski definition) is 5. The largest absolute Gasteiger partial charge is 0.493 e. The molecular formula is C14H19NO4. The summed E-state index contributed by atoms with van der Waals surface area (Å²) in [6.45, 7) is 2.37. The molecule has 0 fully saturated rings. The lowest BCUT2D eigenvalue weighted by Crippen LogP contribution is -2.19. The second kappa shape index (κ2) is 7.13. The van der Waals surface area contributed by atoms with Gasteiger partial charge in [-0.3, -0.25) is 0 Å². The fraction of sp³-hybridized carbons (Fsp3) is 0.429. The van der Waals surface area contributed by atoms with E-state index in [1.807, 2.05) is 24.3 Å². The molecule has 0 aliphatic heterocycles. The van der Waals surface area contributed by atoms with E-state index in [-0.39, 0.29) is 6.61 Å². The summed E-state index contributed by atoms with van der Waals surface area (Å²) in [6, 6.07) is 7.82. The predicted octanol–water partition coefficient (Wildman–Crippen LogP) is 1.54. The van der Waals surface area contributed by atoms with Crippen LogP contribution in [0.2, 0.25) is 0 Å². The van der Waals surface area contributed by atoms with Gasteiger partial charge in [0, 0.05) is 11.9 Å². The Balaban J connectivity index is 1.87. The zero-order chi connectivity index (χ0) is 13.5. The maximum Gasteiger partial charge on any atom is 0.176 e. The summed E-state index contributed by atoms with van der Waals surface area (Å²) in [4.78, 5) is 0. The van der Waals surface area contributed by atoms with Crippen LogP contribution in [0.1, 0.15) is 5.76 Å². The molecule has 19 heavy (non-hydrogen) atoms. The molecule has 0 bridgehead atoms. The second-order valence-corrected chi connectivity index (χ2v) is 4.10. The van der Waals surface area contributed by atoms with Crippen molar-refractivity contribution in [3.63, 3.8) is 0 Å². The quantitative estimate of drug-likeness (QED) is 0.709. The first kappa shape index (κ1) is 13.9. The fourth-order valence-corrected chi connectivity index (χ4v) is 1.86. The summed E-state index contributed by atoms with van der Waals surface area (Å²) in [6.07, 6.45) is 0. The van der Waals surface area contributed by atoms with Gasteiger partial charge in [0.15, 0.2) is 11.3 Å². The minimum absolute atomic E-state index is 0.0589. The highest BCUT2D eigenvalue weighted by molar-refractivity contribution is 5.83. The van der Waals surface area contributed by atoms with Gasteiger partial charge in [-0.1, -0.05) is 12.1 Å². The van der Waals surface area contributed by atoms with Gasteiger partial charge < -0.3 is 24.3 Å². The van der Waals surface area contributed by atoms with Crippen molar-refractivity contribution in [2.24, 2.45) is 0 Å². The number of hydrogen-bond donors (Lipinski definition) is 2. The minimum atomic E-state index is 0.0589. The van der Waals surface area contributed by atoms with Gasteiger partial charge in [0.05, 0.1) is 33.5 Å². The van der Waals surface area contributed by atoms with E-state index in [2.05, 4.69) is 5.32 Å². The van der Waals surface area contributed by atoms with E-state index in [9.17, 15) is 0 Å². The SMILES string of the molecule is COc1cccc2cc(CNCCOCCO)oc12. The number of rotatable bonds is 8. The molecule has 0 saturated heterocycles. The third-order valence-corrected chi connectivity index (χ3v) is 2.74. The van der Waals surface area contributed by atoms with Gasteiger partial charge in [-0.15, -0.1) is 0 Å². The Kier molecular flexibility index (Phi) is 5.20. The van der Waals surface area contributed by atoms with Crippen LogP contribution in [0.25, 0.3) is 11.0 Å². The van der Waals surface area contributed by atoms with Gasteiger partial charge in [-0.05, 0) is 12.1 Å². The van der Waals surface area contributed by atoms with Crippen LogP contribution in [0.5, 0.6) is 5.75 Å². The van der Waals surface area contributed by atoms with Crippen molar-refractivity contribution in [3.8, 4) is 5.75 Å². The van der Waals surface area contributed by atoms with Crippen molar-refractivity contribution in [2.75, 3.05) is 33.5 Å². The maximum absolute atomic E-state index is 8.56. The zero-order valence-electron chi connectivity index (χ0n) is 11.0. The molecule has 0 spiro atoms. The number of ether oxygens (including phenoxy) is 2. The third-order valence-electron chi connectivity index (χ3n) is 2.74. The monoisotopic (exact) mass is 265 g/mol. The van der Waals surface area contributed by atoms with E-state index in [0.717, 1.165) is 22.5 Å². The fourth-order valence-electron chi connectivity index (χ4n) is 1.86. The molecule has 1 aromatic carbocycles. The number of fused-ring (bicyclic) bond motifs is 1. The van der Waals surface area contributed by atoms with Crippen molar-refractivity contribution < 1.29 is 19.0 Å². The molecule has 5 nitrogen and oxygen atoms in total. The van der Waals surface area contributed by atoms with E-state index in [0.29, 0.717) is 26.3 Å². The number of nitrogens with one attached hydrogen (secondary N) is 1. The van der Waals surface area contributed by atoms with Crippen molar-refractivity contribution in [1.29, 1.82) is 0 Å². The summed E-state index contributed by atoms with van der Waals surface area (Å²) in [5.41, 5.74) is 0.776. The number of para-hydroxylation sites is 1. The van der Waals surface area contributed by atoms with E-state index >= 15 is 0 Å². The Morgan fingerprint density at radius 3 is 3.00 bits per heavy atom. The van der Waals surface area contributed by atoms with Crippen LogP contribution in [-0.2, 0) is 11.3 Å². The Bertz CT molecular complexity index is 509. The molecule has 0 aliphatic carbocycles. The topological polar surface area (TPSA) is 63.9 Å². The van der Waals surface area contributed by atoms with Crippen molar-refractivity contribution in [3.05, 3.63) is 30.0 Å². The number of furan rings is 1. The van der Waals surface area contributed by atoms with E-state index in [4.69, 9.17) is 19.0 Å². The molecule has 0 unspecified atom stereocenters. The molecule has 0 atom stereocenters. The molecule has 0 amide bonds. The Morgan fingerprint density at radius 1 is 1.32 bits per heavy atom. The van der Waals surface area contributed by atoms with Crippen molar-refractivity contribution >= 4 is 11.0 Å². The van der Waals surface area contributed by atoms with Crippen LogP contribution < -0.4 is 10.1 Å². The normalized spacial score (nSPS) is 11.1. The maximum atomic E-state index is 8.56. The first-order valence-electron chi connectivity index (χ1n) is 6.30. The van der Waals surface area contributed by atoms with Crippen LogP contribution in [0, 0.1) is 0 Å². The number of aliphatic hydroxyl groups excluding tert-OH is 1. The van der Waals surface area contributed by atoms with E-state index in [1.54, 1.807) is 7.11 Å². The number of methoxy groups -OCH3 is 1. The summed E-state index contributed by atoms with van der Waals surface area (Å²) < 4.78 is 16.2. The predicted molar refractivity (Wildman–Crippen MR) is 72.4 cm³/mol. The summed E-state index contributed by atoms with van der Waals surface area (Å²) in [7, 11) is 1.63. The molecular weight excluding hydrogens is 246 g/mol. The van der Waals surface area contributed by atoms with E-state index in [1.165, 1.54) is 0 Å². The van der Waals surface area contributed by atoms with Gasteiger partial charge in [-0.25, -0.2) is 0 Å². The zero-order valence-corrected chi connectivity index (χ0v) is 11.0. The van der Waals surface area contributed by atoms with Crippen LogP contribution in [0.4, 0.5) is 0 Å². The Hall–Kier alpha value is -1.56. The Labute approximate surface area is 112 Å².